The summed E-state index contributed by atoms with van der Waals surface area (Å²) in [7, 11) is 3.12. The molecule has 7 nitrogen and oxygen atoms in total. The Morgan fingerprint density at radius 1 is 0.952 bits per heavy atom. The third kappa shape index (κ3) is 5.67. The molecule has 1 aromatic heterocycles. The lowest BCUT2D eigenvalue weighted by Gasteiger charge is -2.31. The maximum Gasteiger partial charge on any atom is 0.266 e. The van der Waals surface area contributed by atoms with Crippen LogP contribution < -0.4 is 15.0 Å². The van der Waals surface area contributed by atoms with Crippen molar-refractivity contribution in [2.24, 2.45) is 0 Å². The molecule has 0 aliphatic heterocycles. The molecule has 5 rings (SSSR count). The highest BCUT2D eigenvalue weighted by atomic mass is 79.9. The number of carbonyl (C=O) groups excluding carboxylic acids is 1. The van der Waals surface area contributed by atoms with Crippen LogP contribution in [0.1, 0.15) is 40.3 Å². The van der Waals surface area contributed by atoms with Crippen LogP contribution in [0.2, 0.25) is 0 Å². The van der Waals surface area contributed by atoms with E-state index in [4.69, 9.17) is 14.5 Å². The Morgan fingerprint density at radius 2 is 1.64 bits per heavy atom. The maximum absolute atomic E-state index is 14.2. The molecule has 0 saturated carbocycles. The van der Waals surface area contributed by atoms with E-state index in [1.807, 2.05) is 86.6 Å². The molecule has 0 bridgehead atoms. The number of aryl methyl sites for hydroxylation is 1. The SMILES string of the molecule is COc1cc(OC)c(Br)c(-n2c(C(C)N(CCc3ccccc3)C(=O)c3ccccc3C)nc3ccccc3c2=O)c1. The van der Waals surface area contributed by atoms with Gasteiger partial charge in [0.05, 0.1) is 41.3 Å². The third-order valence-electron chi connectivity index (χ3n) is 7.45. The van der Waals surface area contributed by atoms with Crippen molar-refractivity contribution in [3.05, 3.63) is 128 Å². The lowest BCUT2D eigenvalue weighted by atomic mass is 10.0. The van der Waals surface area contributed by atoms with Gasteiger partial charge in [0.2, 0.25) is 0 Å². The summed E-state index contributed by atoms with van der Waals surface area (Å²) in [4.78, 5) is 35.3. The molecule has 0 radical (unpaired) electrons. The monoisotopic (exact) mass is 625 g/mol. The van der Waals surface area contributed by atoms with Gasteiger partial charge in [-0.15, -0.1) is 0 Å². The summed E-state index contributed by atoms with van der Waals surface area (Å²) in [6.07, 6.45) is 0.636. The van der Waals surface area contributed by atoms with E-state index < -0.39 is 6.04 Å². The van der Waals surface area contributed by atoms with E-state index in [-0.39, 0.29) is 11.5 Å². The average molecular weight is 627 g/mol. The van der Waals surface area contributed by atoms with Crippen LogP contribution in [0.5, 0.6) is 11.5 Å². The van der Waals surface area contributed by atoms with Crippen LogP contribution in [0.4, 0.5) is 0 Å². The molecule has 8 heteroatoms. The van der Waals surface area contributed by atoms with Gasteiger partial charge < -0.3 is 14.4 Å². The summed E-state index contributed by atoms with van der Waals surface area (Å²) in [6.45, 7) is 4.26. The van der Waals surface area contributed by atoms with Gasteiger partial charge >= 0.3 is 0 Å². The van der Waals surface area contributed by atoms with Crippen molar-refractivity contribution in [1.82, 2.24) is 14.5 Å². The normalized spacial score (nSPS) is 11.7. The van der Waals surface area contributed by atoms with Crippen molar-refractivity contribution in [1.29, 1.82) is 0 Å². The van der Waals surface area contributed by atoms with Crippen LogP contribution in [-0.4, -0.2) is 41.1 Å². The van der Waals surface area contributed by atoms with Gasteiger partial charge in [0.15, 0.2) is 0 Å². The number of carbonyl (C=O) groups is 1. The van der Waals surface area contributed by atoms with Gasteiger partial charge in [0.1, 0.15) is 17.3 Å². The van der Waals surface area contributed by atoms with Crippen molar-refractivity contribution in [3.8, 4) is 17.2 Å². The number of hydrogen-bond donors (Lipinski definition) is 0. The maximum atomic E-state index is 14.2. The lowest BCUT2D eigenvalue weighted by Crippen LogP contribution is -2.39. The zero-order chi connectivity index (χ0) is 29.8. The largest absolute Gasteiger partial charge is 0.497 e. The molecule has 1 heterocycles. The number of fused-ring (bicyclic) bond motifs is 1. The standard InChI is InChI=1S/C34H32BrN3O4/c1-22-12-8-9-15-26(22)33(39)37(19-18-24-13-6-5-7-14-24)23(2)32-36-28-17-11-10-16-27(28)34(40)38(32)29-20-25(41-3)21-30(42-4)31(29)35/h5-17,20-21,23H,18-19H2,1-4H3. The highest BCUT2D eigenvalue weighted by Crippen LogP contribution is 2.37. The number of halogens is 1. The van der Waals surface area contributed by atoms with Crippen LogP contribution in [-0.2, 0) is 6.42 Å². The van der Waals surface area contributed by atoms with Gasteiger partial charge in [0.25, 0.3) is 11.5 Å². The molecule has 42 heavy (non-hydrogen) atoms. The van der Waals surface area contributed by atoms with Gasteiger partial charge in [-0.1, -0.05) is 60.7 Å². The predicted molar refractivity (Wildman–Crippen MR) is 169 cm³/mol. The molecule has 214 valence electrons. The van der Waals surface area contributed by atoms with Crippen molar-refractivity contribution in [3.63, 3.8) is 0 Å². The van der Waals surface area contributed by atoms with Crippen molar-refractivity contribution in [2.45, 2.75) is 26.3 Å². The van der Waals surface area contributed by atoms with Gasteiger partial charge in [-0.25, -0.2) is 4.98 Å². The third-order valence-corrected chi connectivity index (χ3v) is 8.25. The minimum Gasteiger partial charge on any atom is -0.497 e. The first kappa shape index (κ1) is 29.1. The van der Waals surface area contributed by atoms with Crippen LogP contribution in [0, 0.1) is 6.92 Å². The van der Waals surface area contributed by atoms with Gasteiger partial charge in [0, 0.05) is 24.2 Å². The number of nitrogens with zero attached hydrogens (tertiary/aromatic N) is 3. The van der Waals surface area contributed by atoms with Crippen LogP contribution in [0.25, 0.3) is 16.6 Å². The van der Waals surface area contributed by atoms with Crippen molar-refractivity contribution < 1.29 is 14.3 Å². The fourth-order valence-electron chi connectivity index (χ4n) is 5.12. The first-order valence-electron chi connectivity index (χ1n) is 13.7. The molecule has 1 unspecified atom stereocenters. The molecule has 5 aromatic rings. The molecule has 0 aliphatic rings. The smallest absolute Gasteiger partial charge is 0.266 e. The van der Waals surface area contributed by atoms with Crippen LogP contribution in [0.3, 0.4) is 0 Å². The van der Waals surface area contributed by atoms with Crippen molar-refractivity contribution in [2.75, 3.05) is 20.8 Å². The Kier molecular flexibility index (Phi) is 8.73. The van der Waals surface area contributed by atoms with E-state index in [1.54, 1.807) is 41.9 Å². The van der Waals surface area contributed by atoms with Gasteiger partial charge in [-0.2, -0.15) is 0 Å². The highest BCUT2D eigenvalue weighted by molar-refractivity contribution is 9.10. The molecule has 4 aromatic carbocycles. The molecule has 1 amide bonds. The minimum absolute atomic E-state index is 0.132. The number of aromatic nitrogens is 2. The predicted octanol–water partition coefficient (Wildman–Crippen LogP) is 6.92. The number of hydrogen-bond acceptors (Lipinski definition) is 5. The molecule has 0 N–H and O–H groups in total. The van der Waals surface area contributed by atoms with Crippen LogP contribution >= 0.6 is 15.9 Å². The van der Waals surface area contributed by atoms with Gasteiger partial charge in [-0.05, 0) is 65.5 Å². The van der Waals surface area contributed by atoms with Crippen LogP contribution in [0.15, 0.2) is 100 Å². The summed E-state index contributed by atoms with van der Waals surface area (Å²) in [5, 5.41) is 0.461. The van der Waals surface area contributed by atoms with E-state index in [0.717, 1.165) is 11.1 Å². The first-order valence-corrected chi connectivity index (χ1v) is 14.5. The molecule has 0 fully saturated rings. The summed E-state index contributed by atoms with van der Waals surface area (Å²) >= 11 is 3.65. The van der Waals surface area contributed by atoms with E-state index in [9.17, 15) is 9.59 Å². The van der Waals surface area contributed by atoms with E-state index in [1.165, 1.54) is 0 Å². The number of rotatable bonds is 9. The fraction of sp³-hybridized carbons (Fsp3) is 0.206. The molecule has 0 spiro atoms. The summed E-state index contributed by atoms with van der Waals surface area (Å²) < 4.78 is 13.3. The number of para-hydroxylation sites is 1. The van der Waals surface area contributed by atoms with Gasteiger partial charge in [-0.3, -0.25) is 14.2 Å². The highest BCUT2D eigenvalue weighted by Gasteiger charge is 2.29. The number of benzene rings is 4. The van der Waals surface area contributed by atoms with E-state index in [2.05, 4.69) is 15.9 Å². The summed E-state index contributed by atoms with van der Waals surface area (Å²) in [5.74, 6) is 1.30. The zero-order valence-electron chi connectivity index (χ0n) is 24.0. The van der Waals surface area contributed by atoms with Crippen molar-refractivity contribution >= 4 is 32.7 Å². The molecule has 0 aliphatic carbocycles. The molecular weight excluding hydrogens is 594 g/mol. The minimum atomic E-state index is -0.581. The number of methoxy groups -OCH3 is 2. The number of amides is 1. The van der Waals surface area contributed by atoms with E-state index >= 15 is 0 Å². The zero-order valence-corrected chi connectivity index (χ0v) is 25.6. The Bertz CT molecular complexity index is 1800. The second-order valence-electron chi connectivity index (χ2n) is 10.0. The average Bonchev–Trinajstić information content (AvgIpc) is 3.02. The summed E-state index contributed by atoms with van der Waals surface area (Å²) in [6, 6.07) is 27.7. The second kappa shape index (κ2) is 12.6. The Labute approximate surface area is 253 Å². The summed E-state index contributed by atoms with van der Waals surface area (Å²) in [5.41, 5.74) is 3.39. The first-order chi connectivity index (χ1) is 20.3. The molecule has 1 atom stereocenters. The van der Waals surface area contributed by atoms with E-state index in [0.29, 0.717) is 56.9 Å². The molecule has 0 saturated heterocycles. The Balaban J connectivity index is 1.73. The Morgan fingerprint density at radius 3 is 2.36 bits per heavy atom. The topological polar surface area (TPSA) is 73.7 Å². The second-order valence-corrected chi connectivity index (χ2v) is 10.8. The fourth-order valence-corrected chi connectivity index (χ4v) is 5.69. The lowest BCUT2D eigenvalue weighted by molar-refractivity contribution is 0.0683. The molecular formula is C34H32BrN3O4. The Hall–Kier alpha value is -4.43. The number of ether oxygens (including phenoxy) is 2. The quantitative estimate of drug-likeness (QED) is 0.178.